The minimum absolute atomic E-state index is 0.157. The first kappa shape index (κ1) is 15.5. The lowest BCUT2D eigenvalue weighted by Crippen LogP contribution is -2.13. The van der Waals surface area contributed by atoms with E-state index in [-0.39, 0.29) is 18.5 Å². The van der Waals surface area contributed by atoms with E-state index in [1.807, 2.05) is 0 Å². The van der Waals surface area contributed by atoms with Crippen LogP contribution in [0.25, 0.3) is 0 Å². The Hall–Kier alpha value is -0.860. The molecule has 0 radical (unpaired) electrons. The zero-order valence-corrected chi connectivity index (χ0v) is 13.9. The second kappa shape index (κ2) is 5.87. The molecule has 2 nitrogen and oxygen atoms in total. The summed E-state index contributed by atoms with van der Waals surface area (Å²) in [5.74, 6) is 1.03. The molecule has 1 fully saturated rings. The van der Waals surface area contributed by atoms with Gasteiger partial charge >= 0.3 is 0 Å². The van der Waals surface area contributed by atoms with Crippen molar-refractivity contribution in [1.82, 2.24) is 0 Å². The van der Waals surface area contributed by atoms with Crippen LogP contribution in [0.15, 0.2) is 12.1 Å². The molecule has 0 saturated carbocycles. The predicted molar refractivity (Wildman–Crippen MR) is 83.2 cm³/mol. The first-order valence-electron chi connectivity index (χ1n) is 7.76. The molecule has 0 N–H and O–H groups in total. The number of hydrogen-bond donors (Lipinski definition) is 0. The molecule has 20 heavy (non-hydrogen) atoms. The molecule has 2 heteroatoms. The summed E-state index contributed by atoms with van der Waals surface area (Å²) in [6, 6.07) is 4.61. The summed E-state index contributed by atoms with van der Waals surface area (Å²) >= 11 is 0. The molecule has 1 heterocycles. The standard InChI is InChI=1S/C18H28O2/c1-10(2)15-8-16(11(3)4)12(5)17(9-15)18-19-13(6)14(7)20-18/h8-11,13-14,18H,1-7H3/t13-,14-/m0/s1. The van der Waals surface area contributed by atoms with Crippen molar-refractivity contribution >= 4 is 0 Å². The molecule has 112 valence electrons. The van der Waals surface area contributed by atoms with Crippen molar-refractivity contribution in [2.24, 2.45) is 0 Å². The highest BCUT2D eigenvalue weighted by Crippen LogP contribution is 2.37. The molecule has 1 aliphatic rings. The van der Waals surface area contributed by atoms with Gasteiger partial charge in [0.05, 0.1) is 12.2 Å². The number of benzene rings is 1. The Morgan fingerprint density at radius 2 is 1.45 bits per heavy atom. The predicted octanol–water partition coefficient (Wildman–Crippen LogP) is 5.06. The summed E-state index contributed by atoms with van der Waals surface area (Å²) in [6.07, 6.45) is 0.102. The third-order valence-electron chi connectivity index (χ3n) is 4.39. The molecule has 1 aromatic carbocycles. The van der Waals surface area contributed by atoms with E-state index in [4.69, 9.17) is 9.47 Å². The van der Waals surface area contributed by atoms with Gasteiger partial charge in [0, 0.05) is 5.56 Å². The highest BCUT2D eigenvalue weighted by atomic mass is 16.7. The molecule has 1 saturated heterocycles. The van der Waals surface area contributed by atoms with Gasteiger partial charge in [0.25, 0.3) is 0 Å². The molecule has 0 spiro atoms. The van der Waals surface area contributed by atoms with Crippen molar-refractivity contribution in [3.8, 4) is 0 Å². The lowest BCUT2D eigenvalue weighted by molar-refractivity contribution is -0.0657. The van der Waals surface area contributed by atoms with Gasteiger partial charge in [-0.05, 0) is 49.3 Å². The fourth-order valence-corrected chi connectivity index (χ4v) is 2.75. The van der Waals surface area contributed by atoms with Crippen LogP contribution < -0.4 is 0 Å². The monoisotopic (exact) mass is 276 g/mol. The van der Waals surface area contributed by atoms with Gasteiger partial charge in [-0.25, -0.2) is 0 Å². The van der Waals surface area contributed by atoms with Crippen LogP contribution >= 0.6 is 0 Å². The van der Waals surface area contributed by atoms with Gasteiger partial charge < -0.3 is 9.47 Å². The van der Waals surface area contributed by atoms with Crippen LogP contribution in [0.4, 0.5) is 0 Å². The Bertz CT molecular complexity index is 467. The van der Waals surface area contributed by atoms with Crippen LogP contribution in [0.1, 0.15) is 81.9 Å². The molecule has 0 aliphatic carbocycles. The van der Waals surface area contributed by atoms with Gasteiger partial charge in [0.1, 0.15) is 0 Å². The van der Waals surface area contributed by atoms with Crippen LogP contribution in [0.5, 0.6) is 0 Å². The first-order valence-corrected chi connectivity index (χ1v) is 7.76. The summed E-state index contributed by atoms with van der Waals surface area (Å²) in [5, 5.41) is 0. The second-order valence-corrected chi connectivity index (χ2v) is 6.65. The molecule has 0 unspecified atom stereocenters. The quantitative estimate of drug-likeness (QED) is 0.768. The van der Waals surface area contributed by atoms with Crippen LogP contribution in [0, 0.1) is 6.92 Å². The minimum atomic E-state index is -0.212. The van der Waals surface area contributed by atoms with Crippen molar-refractivity contribution in [2.75, 3.05) is 0 Å². The van der Waals surface area contributed by atoms with Gasteiger partial charge in [-0.15, -0.1) is 0 Å². The minimum Gasteiger partial charge on any atom is -0.343 e. The zero-order valence-electron chi connectivity index (χ0n) is 13.9. The van der Waals surface area contributed by atoms with E-state index in [0.717, 1.165) is 0 Å². The fraction of sp³-hybridized carbons (Fsp3) is 0.667. The Morgan fingerprint density at radius 3 is 1.90 bits per heavy atom. The molecule has 1 aromatic rings. The number of rotatable bonds is 3. The Labute approximate surface area is 123 Å². The van der Waals surface area contributed by atoms with E-state index in [0.29, 0.717) is 11.8 Å². The SMILES string of the molecule is Cc1c(C(C)C)cc(C(C)C)cc1C1O[C@@H](C)[C@H](C)O1. The Balaban J connectivity index is 2.46. The average molecular weight is 276 g/mol. The molecule has 2 rings (SSSR count). The highest BCUT2D eigenvalue weighted by molar-refractivity contribution is 5.42. The van der Waals surface area contributed by atoms with Crippen molar-refractivity contribution < 1.29 is 9.47 Å². The molecular weight excluding hydrogens is 248 g/mol. The maximum Gasteiger partial charge on any atom is 0.184 e. The van der Waals surface area contributed by atoms with Crippen LogP contribution in [-0.4, -0.2) is 12.2 Å². The average Bonchev–Trinajstić information content (AvgIpc) is 2.69. The van der Waals surface area contributed by atoms with E-state index in [1.165, 1.54) is 22.3 Å². The van der Waals surface area contributed by atoms with Crippen molar-refractivity contribution in [2.45, 2.75) is 78.8 Å². The van der Waals surface area contributed by atoms with Crippen molar-refractivity contribution in [1.29, 1.82) is 0 Å². The lowest BCUT2D eigenvalue weighted by Gasteiger charge is -2.21. The lowest BCUT2D eigenvalue weighted by atomic mass is 9.88. The molecule has 2 atom stereocenters. The van der Waals surface area contributed by atoms with Gasteiger partial charge in [-0.3, -0.25) is 0 Å². The van der Waals surface area contributed by atoms with E-state index < -0.39 is 0 Å². The van der Waals surface area contributed by atoms with E-state index in [1.54, 1.807) is 0 Å². The molecular formula is C18H28O2. The zero-order chi connectivity index (χ0) is 15.0. The third-order valence-corrected chi connectivity index (χ3v) is 4.39. The van der Waals surface area contributed by atoms with Gasteiger partial charge in [-0.1, -0.05) is 39.8 Å². The molecule has 1 aliphatic heterocycles. The molecule has 0 aromatic heterocycles. The summed E-state index contributed by atoms with van der Waals surface area (Å²) < 4.78 is 12.0. The molecule has 0 bridgehead atoms. The second-order valence-electron chi connectivity index (χ2n) is 6.65. The normalized spacial score (nSPS) is 24.1. The first-order chi connectivity index (χ1) is 9.31. The maximum atomic E-state index is 5.99. The number of ether oxygens (including phenoxy) is 2. The largest absolute Gasteiger partial charge is 0.343 e. The van der Waals surface area contributed by atoms with E-state index in [2.05, 4.69) is 60.6 Å². The summed E-state index contributed by atoms with van der Waals surface area (Å²) in [6.45, 7) is 15.3. The molecule has 0 amide bonds. The van der Waals surface area contributed by atoms with E-state index >= 15 is 0 Å². The summed E-state index contributed by atoms with van der Waals surface area (Å²) in [7, 11) is 0. The number of hydrogen-bond acceptors (Lipinski definition) is 2. The van der Waals surface area contributed by atoms with Crippen LogP contribution in [0.2, 0.25) is 0 Å². The fourth-order valence-electron chi connectivity index (χ4n) is 2.75. The Morgan fingerprint density at radius 1 is 0.900 bits per heavy atom. The van der Waals surface area contributed by atoms with Crippen molar-refractivity contribution in [3.05, 3.63) is 34.4 Å². The van der Waals surface area contributed by atoms with Gasteiger partial charge in [-0.2, -0.15) is 0 Å². The maximum absolute atomic E-state index is 5.99. The smallest absolute Gasteiger partial charge is 0.184 e. The summed E-state index contributed by atoms with van der Waals surface area (Å²) in [4.78, 5) is 0. The van der Waals surface area contributed by atoms with Crippen LogP contribution in [-0.2, 0) is 9.47 Å². The van der Waals surface area contributed by atoms with Gasteiger partial charge in [0.2, 0.25) is 0 Å². The topological polar surface area (TPSA) is 18.5 Å². The van der Waals surface area contributed by atoms with Crippen molar-refractivity contribution in [3.63, 3.8) is 0 Å². The van der Waals surface area contributed by atoms with E-state index in [9.17, 15) is 0 Å². The van der Waals surface area contributed by atoms with Crippen LogP contribution in [0.3, 0.4) is 0 Å². The third kappa shape index (κ3) is 2.91. The highest BCUT2D eigenvalue weighted by Gasteiger charge is 2.32. The Kier molecular flexibility index (Phi) is 4.55. The summed E-state index contributed by atoms with van der Waals surface area (Å²) in [5.41, 5.74) is 5.30. The van der Waals surface area contributed by atoms with Gasteiger partial charge in [0.15, 0.2) is 6.29 Å².